The molecule has 2 atom stereocenters. The summed E-state index contributed by atoms with van der Waals surface area (Å²) in [4.78, 5) is 13.3. The molecule has 1 saturated heterocycles. The van der Waals surface area contributed by atoms with E-state index >= 15 is 0 Å². The van der Waals surface area contributed by atoms with Crippen molar-refractivity contribution >= 4 is 33.7 Å². The standard InChI is InChI=1S/C17H20BrNO2/c18-14-8-6-13(7-9-17(20)21)16(11-14)19-10-2-4-12-3-1-5-15(12)19/h6-9,11-12,15H,1-5,10H2,(H,20,21). The Hall–Kier alpha value is -1.29. The fraction of sp³-hybridized carbons (Fsp3) is 0.471. The second-order valence-electron chi connectivity index (χ2n) is 5.97. The highest BCUT2D eigenvalue weighted by molar-refractivity contribution is 9.10. The zero-order valence-electron chi connectivity index (χ0n) is 12.0. The molecule has 0 amide bonds. The van der Waals surface area contributed by atoms with E-state index in [-0.39, 0.29) is 0 Å². The van der Waals surface area contributed by atoms with Crippen molar-refractivity contribution in [3.8, 4) is 0 Å². The van der Waals surface area contributed by atoms with Gasteiger partial charge in [-0.25, -0.2) is 4.79 Å². The predicted octanol–water partition coefficient (Wildman–Crippen LogP) is 4.32. The summed E-state index contributed by atoms with van der Waals surface area (Å²) in [7, 11) is 0. The Morgan fingerprint density at radius 1 is 1.29 bits per heavy atom. The Labute approximate surface area is 133 Å². The number of fused-ring (bicyclic) bond motifs is 1. The van der Waals surface area contributed by atoms with E-state index in [1.54, 1.807) is 6.08 Å². The highest BCUT2D eigenvalue weighted by atomic mass is 79.9. The number of hydrogen-bond acceptors (Lipinski definition) is 2. The minimum absolute atomic E-state index is 0.630. The van der Waals surface area contributed by atoms with E-state index in [0.717, 1.165) is 22.5 Å². The van der Waals surface area contributed by atoms with Crippen molar-refractivity contribution in [2.24, 2.45) is 5.92 Å². The number of nitrogens with zero attached hydrogens (tertiary/aromatic N) is 1. The van der Waals surface area contributed by atoms with Crippen LogP contribution in [-0.4, -0.2) is 23.7 Å². The lowest BCUT2D eigenvalue weighted by Gasteiger charge is -2.40. The number of rotatable bonds is 3. The summed E-state index contributed by atoms with van der Waals surface area (Å²) >= 11 is 3.55. The van der Waals surface area contributed by atoms with Gasteiger partial charge in [-0.15, -0.1) is 0 Å². The van der Waals surface area contributed by atoms with Gasteiger partial charge in [-0.1, -0.05) is 28.4 Å². The summed E-state index contributed by atoms with van der Waals surface area (Å²) in [6, 6.07) is 6.73. The number of piperidine rings is 1. The second-order valence-corrected chi connectivity index (χ2v) is 6.88. The minimum Gasteiger partial charge on any atom is -0.478 e. The molecule has 0 radical (unpaired) electrons. The molecule has 1 N–H and O–H groups in total. The monoisotopic (exact) mass is 349 g/mol. The zero-order chi connectivity index (χ0) is 14.8. The van der Waals surface area contributed by atoms with Gasteiger partial charge in [0.1, 0.15) is 0 Å². The molecular formula is C17H20BrNO2. The SMILES string of the molecule is O=C(O)C=Cc1ccc(Br)cc1N1CCCC2CCCC21. The van der Waals surface area contributed by atoms with E-state index in [1.165, 1.54) is 43.9 Å². The van der Waals surface area contributed by atoms with Gasteiger partial charge in [0.2, 0.25) is 0 Å². The average molecular weight is 350 g/mol. The fourth-order valence-electron chi connectivity index (χ4n) is 3.82. The molecule has 1 aliphatic heterocycles. The van der Waals surface area contributed by atoms with Crippen molar-refractivity contribution in [1.82, 2.24) is 0 Å². The van der Waals surface area contributed by atoms with Gasteiger partial charge in [0.25, 0.3) is 0 Å². The Bertz CT molecular complexity index is 570. The maximum atomic E-state index is 10.8. The van der Waals surface area contributed by atoms with Crippen LogP contribution in [0.4, 0.5) is 5.69 Å². The van der Waals surface area contributed by atoms with Gasteiger partial charge >= 0.3 is 5.97 Å². The summed E-state index contributed by atoms with van der Waals surface area (Å²) < 4.78 is 1.05. The Kier molecular flexibility index (Phi) is 4.34. The molecule has 1 aromatic rings. The molecule has 1 saturated carbocycles. The molecule has 1 aromatic carbocycles. The molecular weight excluding hydrogens is 330 g/mol. The highest BCUT2D eigenvalue weighted by Crippen LogP contribution is 2.40. The lowest BCUT2D eigenvalue weighted by molar-refractivity contribution is -0.131. The molecule has 3 nitrogen and oxygen atoms in total. The first kappa shape index (κ1) is 14.6. The molecule has 2 unspecified atom stereocenters. The third kappa shape index (κ3) is 3.15. The van der Waals surface area contributed by atoms with Crippen molar-refractivity contribution in [3.63, 3.8) is 0 Å². The van der Waals surface area contributed by atoms with Gasteiger partial charge in [-0.2, -0.15) is 0 Å². The van der Waals surface area contributed by atoms with Gasteiger partial charge in [0.05, 0.1) is 0 Å². The Morgan fingerprint density at radius 3 is 2.90 bits per heavy atom. The quantitative estimate of drug-likeness (QED) is 0.826. The molecule has 4 heteroatoms. The molecule has 112 valence electrons. The van der Waals surface area contributed by atoms with Gasteiger partial charge in [0.15, 0.2) is 0 Å². The maximum Gasteiger partial charge on any atom is 0.328 e. The molecule has 0 spiro atoms. The third-order valence-corrected chi connectivity index (χ3v) is 5.19. The normalized spacial score (nSPS) is 25.3. The number of halogens is 1. The third-order valence-electron chi connectivity index (χ3n) is 4.70. The van der Waals surface area contributed by atoms with E-state index in [0.29, 0.717) is 6.04 Å². The van der Waals surface area contributed by atoms with Crippen molar-refractivity contribution in [1.29, 1.82) is 0 Å². The van der Waals surface area contributed by atoms with Crippen LogP contribution in [0.5, 0.6) is 0 Å². The maximum absolute atomic E-state index is 10.8. The van der Waals surface area contributed by atoms with Gasteiger partial charge in [-0.05, 0) is 55.4 Å². The van der Waals surface area contributed by atoms with E-state index < -0.39 is 5.97 Å². The lowest BCUT2D eigenvalue weighted by atomic mass is 9.91. The summed E-state index contributed by atoms with van der Waals surface area (Å²) in [5.74, 6) is -0.0877. The number of hydrogen-bond donors (Lipinski definition) is 1. The molecule has 1 heterocycles. The van der Waals surface area contributed by atoms with E-state index in [1.807, 2.05) is 12.1 Å². The molecule has 2 aliphatic rings. The molecule has 1 aliphatic carbocycles. The van der Waals surface area contributed by atoms with Crippen LogP contribution in [0.2, 0.25) is 0 Å². The number of benzene rings is 1. The van der Waals surface area contributed by atoms with E-state index in [2.05, 4.69) is 26.9 Å². The van der Waals surface area contributed by atoms with Gasteiger partial charge in [-0.3, -0.25) is 0 Å². The number of carboxylic acids is 1. The zero-order valence-corrected chi connectivity index (χ0v) is 13.6. The molecule has 0 bridgehead atoms. The first-order valence-corrected chi connectivity index (χ1v) is 8.41. The Morgan fingerprint density at radius 2 is 2.10 bits per heavy atom. The first-order valence-electron chi connectivity index (χ1n) is 7.62. The first-order chi connectivity index (χ1) is 10.1. The summed E-state index contributed by atoms with van der Waals surface area (Å²) in [6.07, 6.45) is 9.44. The highest BCUT2D eigenvalue weighted by Gasteiger charge is 2.35. The second kappa shape index (κ2) is 6.22. The Balaban J connectivity index is 1.95. The molecule has 21 heavy (non-hydrogen) atoms. The van der Waals surface area contributed by atoms with Crippen molar-refractivity contribution < 1.29 is 9.90 Å². The van der Waals surface area contributed by atoms with Gasteiger partial charge in [0, 0.05) is 28.8 Å². The van der Waals surface area contributed by atoms with E-state index in [9.17, 15) is 4.79 Å². The van der Waals surface area contributed by atoms with Crippen LogP contribution in [0.1, 0.15) is 37.7 Å². The van der Waals surface area contributed by atoms with E-state index in [4.69, 9.17) is 5.11 Å². The molecule has 2 fully saturated rings. The number of carboxylic acid groups (broad SMARTS) is 1. The van der Waals surface area contributed by atoms with Crippen LogP contribution in [0, 0.1) is 5.92 Å². The predicted molar refractivity (Wildman–Crippen MR) is 88.5 cm³/mol. The fourth-order valence-corrected chi connectivity index (χ4v) is 4.17. The number of carbonyl (C=O) groups is 1. The van der Waals surface area contributed by atoms with Crippen molar-refractivity contribution in [2.45, 2.75) is 38.1 Å². The van der Waals surface area contributed by atoms with Crippen molar-refractivity contribution in [2.75, 3.05) is 11.4 Å². The minimum atomic E-state index is -0.902. The topological polar surface area (TPSA) is 40.5 Å². The van der Waals surface area contributed by atoms with Gasteiger partial charge < -0.3 is 10.0 Å². The number of aliphatic carboxylic acids is 1. The summed E-state index contributed by atoms with van der Waals surface area (Å²) in [6.45, 7) is 1.07. The summed E-state index contributed by atoms with van der Waals surface area (Å²) in [5.41, 5.74) is 2.16. The van der Waals surface area contributed by atoms with Crippen LogP contribution in [0.15, 0.2) is 28.7 Å². The summed E-state index contributed by atoms with van der Waals surface area (Å²) in [5, 5.41) is 8.87. The largest absolute Gasteiger partial charge is 0.478 e. The van der Waals surface area contributed by atoms with Crippen LogP contribution in [0.25, 0.3) is 6.08 Å². The van der Waals surface area contributed by atoms with Crippen LogP contribution >= 0.6 is 15.9 Å². The molecule has 0 aromatic heterocycles. The number of anilines is 1. The van der Waals surface area contributed by atoms with Crippen LogP contribution in [0.3, 0.4) is 0 Å². The smallest absolute Gasteiger partial charge is 0.328 e. The average Bonchev–Trinajstić information content (AvgIpc) is 2.94. The van der Waals surface area contributed by atoms with Crippen LogP contribution in [-0.2, 0) is 4.79 Å². The lowest BCUT2D eigenvalue weighted by Crippen LogP contribution is -2.43. The molecule has 3 rings (SSSR count). The van der Waals surface area contributed by atoms with Crippen molar-refractivity contribution in [3.05, 3.63) is 34.3 Å². The van der Waals surface area contributed by atoms with Crippen LogP contribution < -0.4 is 4.90 Å².